The number of amides is 1. The average molecular weight is 145 g/mol. The van der Waals surface area contributed by atoms with Crippen LogP contribution in [-0.2, 0) is 4.79 Å². The molecule has 0 spiro atoms. The lowest BCUT2D eigenvalue weighted by Gasteiger charge is -2.33. The lowest BCUT2D eigenvalue weighted by molar-refractivity contribution is -0.131. The number of thioether (sulfide) groups is 1. The molecule has 1 N–H and O–H groups in total. The lowest BCUT2D eigenvalue weighted by atomic mass is 10.1. The largest absolute Gasteiger partial charge is 0.343 e. The van der Waals surface area contributed by atoms with E-state index in [-0.39, 0.29) is 11.8 Å². The minimum absolute atomic E-state index is 0.195. The molecule has 1 saturated heterocycles. The van der Waals surface area contributed by atoms with Gasteiger partial charge in [0.05, 0.1) is 11.3 Å². The Morgan fingerprint density at radius 1 is 1.78 bits per heavy atom. The van der Waals surface area contributed by atoms with Gasteiger partial charge in [-0.05, 0) is 5.75 Å². The molecule has 52 valence electrons. The first kappa shape index (κ1) is 6.93. The van der Waals surface area contributed by atoms with Crippen LogP contribution in [0.25, 0.3) is 0 Å². The fourth-order valence-electron chi connectivity index (χ4n) is 0.803. The molecular formula is C6H11NOS. The standard InChI is InChI=1S/C6H11NOS/c1-3-9-6-4(2)5(8)7-6/h4,6H,3H2,1-2H3,(H,7,8). The molecule has 0 radical (unpaired) electrons. The molecule has 3 heteroatoms. The highest BCUT2D eigenvalue weighted by Gasteiger charge is 2.34. The fraction of sp³-hybridized carbons (Fsp3) is 0.833. The van der Waals surface area contributed by atoms with E-state index < -0.39 is 0 Å². The summed E-state index contributed by atoms with van der Waals surface area (Å²) in [6, 6.07) is 0. The number of β-lactam (4-membered cyclic amide) rings is 1. The van der Waals surface area contributed by atoms with Gasteiger partial charge in [0, 0.05) is 0 Å². The van der Waals surface area contributed by atoms with Crippen molar-refractivity contribution in [2.75, 3.05) is 5.75 Å². The maximum atomic E-state index is 10.6. The van der Waals surface area contributed by atoms with Gasteiger partial charge in [0.2, 0.25) is 5.91 Å². The molecule has 1 heterocycles. The Balaban J connectivity index is 2.25. The zero-order chi connectivity index (χ0) is 6.85. The summed E-state index contributed by atoms with van der Waals surface area (Å²) in [6.07, 6.45) is 0. The van der Waals surface area contributed by atoms with E-state index in [1.165, 1.54) is 0 Å². The summed E-state index contributed by atoms with van der Waals surface area (Å²) in [4.78, 5) is 10.6. The van der Waals surface area contributed by atoms with Crippen LogP contribution in [0.3, 0.4) is 0 Å². The first-order valence-corrected chi connectivity index (χ1v) is 4.22. The van der Waals surface area contributed by atoms with Crippen LogP contribution < -0.4 is 5.32 Å². The second kappa shape index (κ2) is 2.60. The molecule has 9 heavy (non-hydrogen) atoms. The molecule has 1 aliphatic heterocycles. The van der Waals surface area contributed by atoms with Crippen molar-refractivity contribution in [3.05, 3.63) is 0 Å². The second-order valence-electron chi connectivity index (χ2n) is 2.17. The Kier molecular flexibility index (Phi) is 2.01. The van der Waals surface area contributed by atoms with Gasteiger partial charge in [0.15, 0.2) is 0 Å². The van der Waals surface area contributed by atoms with Crippen LogP contribution in [0, 0.1) is 5.92 Å². The molecular weight excluding hydrogens is 134 g/mol. The number of carbonyl (C=O) groups excluding carboxylic acids is 1. The van der Waals surface area contributed by atoms with Gasteiger partial charge in [0.25, 0.3) is 0 Å². The van der Waals surface area contributed by atoms with E-state index in [0.29, 0.717) is 5.37 Å². The van der Waals surface area contributed by atoms with Crippen LogP contribution in [0.15, 0.2) is 0 Å². The summed E-state index contributed by atoms with van der Waals surface area (Å²) >= 11 is 1.80. The van der Waals surface area contributed by atoms with Crippen molar-refractivity contribution in [1.82, 2.24) is 5.32 Å². The Morgan fingerprint density at radius 3 is 2.78 bits per heavy atom. The minimum Gasteiger partial charge on any atom is -0.343 e. The van der Waals surface area contributed by atoms with Gasteiger partial charge in [-0.3, -0.25) is 4.79 Å². The van der Waals surface area contributed by atoms with E-state index in [9.17, 15) is 4.79 Å². The Hall–Kier alpha value is -0.180. The van der Waals surface area contributed by atoms with Crippen molar-refractivity contribution in [3.63, 3.8) is 0 Å². The van der Waals surface area contributed by atoms with Crippen LogP contribution in [0.2, 0.25) is 0 Å². The molecule has 0 saturated carbocycles. The molecule has 1 fully saturated rings. The molecule has 0 aromatic rings. The normalized spacial score (nSPS) is 33.3. The summed E-state index contributed by atoms with van der Waals surface area (Å²) in [5.41, 5.74) is 0. The van der Waals surface area contributed by atoms with Gasteiger partial charge >= 0.3 is 0 Å². The molecule has 1 aliphatic rings. The number of carbonyl (C=O) groups is 1. The summed E-state index contributed by atoms with van der Waals surface area (Å²) < 4.78 is 0. The van der Waals surface area contributed by atoms with Gasteiger partial charge < -0.3 is 5.32 Å². The number of rotatable bonds is 2. The molecule has 0 bridgehead atoms. The number of hydrogen-bond acceptors (Lipinski definition) is 2. The molecule has 0 aromatic carbocycles. The van der Waals surface area contributed by atoms with Crippen molar-refractivity contribution in [2.24, 2.45) is 5.92 Å². The van der Waals surface area contributed by atoms with Crippen LogP contribution >= 0.6 is 11.8 Å². The quantitative estimate of drug-likeness (QED) is 0.583. The first-order chi connectivity index (χ1) is 4.25. The predicted molar refractivity (Wildman–Crippen MR) is 39.2 cm³/mol. The van der Waals surface area contributed by atoms with E-state index in [1.54, 1.807) is 11.8 Å². The predicted octanol–water partition coefficient (Wildman–Crippen LogP) is 0.831. The fourth-order valence-corrected chi connectivity index (χ4v) is 1.77. The van der Waals surface area contributed by atoms with Gasteiger partial charge in [-0.1, -0.05) is 13.8 Å². The summed E-state index contributed by atoms with van der Waals surface area (Å²) in [6.45, 7) is 4.06. The molecule has 2 unspecified atom stereocenters. The number of hydrogen-bond donors (Lipinski definition) is 1. The van der Waals surface area contributed by atoms with Crippen molar-refractivity contribution >= 4 is 17.7 Å². The molecule has 2 nitrogen and oxygen atoms in total. The van der Waals surface area contributed by atoms with Crippen LogP contribution in [-0.4, -0.2) is 17.0 Å². The summed E-state index contributed by atoms with van der Waals surface area (Å²) in [5, 5.41) is 3.21. The van der Waals surface area contributed by atoms with Crippen molar-refractivity contribution in [1.29, 1.82) is 0 Å². The van der Waals surface area contributed by atoms with Gasteiger partial charge in [-0.15, -0.1) is 11.8 Å². The highest BCUT2D eigenvalue weighted by atomic mass is 32.2. The molecule has 0 aromatic heterocycles. The molecule has 0 aliphatic carbocycles. The molecule has 1 amide bonds. The van der Waals surface area contributed by atoms with Crippen LogP contribution in [0.5, 0.6) is 0 Å². The van der Waals surface area contributed by atoms with Gasteiger partial charge in [-0.2, -0.15) is 0 Å². The second-order valence-corrected chi connectivity index (χ2v) is 3.59. The summed E-state index contributed by atoms with van der Waals surface area (Å²) in [7, 11) is 0. The van der Waals surface area contributed by atoms with Gasteiger partial charge in [0.1, 0.15) is 0 Å². The maximum Gasteiger partial charge on any atom is 0.226 e. The highest BCUT2D eigenvalue weighted by Crippen LogP contribution is 2.24. The van der Waals surface area contributed by atoms with Gasteiger partial charge in [-0.25, -0.2) is 0 Å². The van der Waals surface area contributed by atoms with Crippen LogP contribution in [0.1, 0.15) is 13.8 Å². The first-order valence-electron chi connectivity index (χ1n) is 3.17. The molecule has 2 atom stereocenters. The average Bonchev–Trinajstić information content (AvgIpc) is 1.88. The van der Waals surface area contributed by atoms with E-state index in [0.717, 1.165) is 5.75 Å². The summed E-state index contributed by atoms with van der Waals surface area (Å²) in [5.74, 6) is 1.51. The lowest BCUT2D eigenvalue weighted by Crippen LogP contribution is -2.54. The minimum atomic E-state index is 0.195. The zero-order valence-corrected chi connectivity index (χ0v) is 6.49. The highest BCUT2D eigenvalue weighted by molar-refractivity contribution is 8.00. The van der Waals surface area contributed by atoms with Crippen LogP contribution in [0.4, 0.5) is 0 Å². The Bertz CT molecular complexity index is 126. The maximum absolute atomic E-state index is 10.6. The Labute approximate surface area is 59.4 Å². The van der Waals surface area contributed by atoms with E-state index in [4.69, 9.17) is 0 Å². The number of nitrogens with one attached hydrogen (secondary N) is 1. The SMILES string of the molecule is CCSC1NC(=O)C1C. The smallest absolute Gasteiger partial charge is 0.226 e. The topological polar surface area (TPSA) is 29.1 Å². The third kappa shape index (κ3) is 1.21. The van der Waals surface area contributed by atoms with Crippen molar-refractivity contribution < 1.29 is 4.79 Å². The molecule has 1 rings (SSSR count). The van der Waals surface area contributed by atoms with Crippen molar-refractivity contribution in [3.8, 4) is 0 Å². The zero-order valence-electron chi connectivity index (χ0n) is 5.68. The van der Waals surface area contributed by atoms with E-state index in [2.05, 4.69) is 12.2 Å². The Morgan fingerprint density at radius 2 is 2.44 bits per heavy atom. The van der Waals surface area contributed by atoms with E-state index >= 15 is 0 Å². The monoisotopic (exact) mass is 145 g/mol. The van der Waals surface area contributed by atoms with E-state index in [1.807, 2.05) is 6.92 Å². The third-order valence-electron chi connectivity index (χ3n) is 1.50. The van der Waals surface area contributed by atoms with Crippen molar-refractivity contribution in [2.45, 2.75) is 19.2 Å². The third-order valence-corrected chi connectivity index (χ3v) is 2.72.